The SMILES string of the molecule is CCO[Si](CCCNC(=O)OCCCOc1ccc(CC=CC(=O)O)c2ccccc12)(OCC)OCC. The van der Waals surface area contributed by atoms with Crippen molar-refractivity contribution in [1.29, 1.82) is 0 Å². The van der Waals surface area contributed by atoms with E-state index in [1.54, 1.807) is 6.08 Å². The van der Waals surface area contributed by atoms with Gasteiger partial charge in [0.1, 0.15) is 5.75 Å². The standard InChI is InChI=1S/C27H39NO8Si/c1-4-34-37(35-5-2,36-6-3)21-10-18-28-27(31)33-20-11-19-32-25-17-16-22(12-9-15-26(29)30)23-13-7-8-14-24(23)25/h7-9,13-17H,4-6,10-12,18-21H2,1-3H3,(H,28,31)(H,29,30). The molecule has 2 rings (SSSR count). The Morgan fingerprint density at radius 3 is 2.24 bits per heavy atom. The van der Waals surface area contributed by atoms with Gasteiger partial charge < -0.3 is 33.2 Å². The highest BCUT2D eigenvalue weighted by atomic mass is 28.4. The molecule has 2 N–H and O–H groups in total. The van der Waals surface area contributed by atoms with Gasteiger partial charge >= 0.3 is 20.9 Å². The number of alkyl carbamates (subject to hydrolysis) is 1. The number of carbonyl (C=O) groups is 2. The first kappa shape index (κ1) is 30.3. The van der Waals surface area contributed by atoms with Gasteiger partial charge in [-0.25, -0.2) is 9.59 Å². The van der Waals surface area contributed by atoms with Crippen LogP contribution in [0.2, 0.25) is 6.04 Å². The van der Waals surface area contributed by atoms with E-state index in [9.17, 15) is 9.59 Å². The summed E-state index contributed by atoms with van der Waals surface area (Å²) in [6, 6.07) is 12.3. The second-order valence-corrected chi connectivity index (χ2v) is 10.8. The maximum Gasteiger partial charge on any atom is 0.500 e. The average Bonchev–Trinajstić information content (AvgIpc) is 2.87. The van der Waals surface area contributed by atoms with Crippen molar-refractivity contribution in [3.63, 3.8) is 0 Å². The van der Waals surface area contributed by atoms with E-state index in [-0.39, 0.29) is 6.61 Å². The molecule has 0 radical (unpaired) electrons. The summed E-state index contributed by atoms with van der Waals surface area (Å²) < 4.78 is 28.7. The first-order chi connectivity index (χ1) is 17.9. The average molecular weight is 534 g/mol. The Morgan fingerprint density at radius 2 is 1.59 bits per heavy atom. The minimum Gasteiger partial charge on any atom is -0.493 e. The molecule has 37 heavy (non-hydrogen) atoms. The fourth-order valence-electron chi connectivity index (χ4n) is 3.88. The van der Waals surface area contributed by atoms with Crippen molar-refractivity contribution in [3.8, 4) is 5.75 Å². The molecule has 0 heterocycles. The number of nitrogens with one attached hydrogen (secondary N) is 1. The topological polar surface area (TPSA) is 113 Å². The molecule has 0 atom stereocenters. The zero-order valence-corrected chi connectivity index (χ0v) is 23.0. The van der Waals surface area contributed by atoms with Crippen LogP contribution < -0.4 is 10.1 Å². The number of carboxylic acid groups (broad SMARTS) is 1. The van der Waals surface area contributed by atoms with Crippen LogP contribution in [0.3, 0.4) is 0 Å². The Balaban J connectivity index is 1.74. The molecule has 0 bridgehead atoms. The van der Waals surface area contributed by atoms with Crippen LogP contribution in [0, 0.1) is 0 Å². The molecule has 0 spiro atoms. The van der Waals surface area contributed by atoms with Crippen LogP contribution in [0.5, 0.6) is 5.75 Å². The van der Waals surface area contributed by atoms with Crippen LogP contribution in [0.4, 0.5) is 4.79 Å². The number of carboxylic acids is 1. The fraction of sp³-hybridized carbons (Fsp3) is 0.481. The van der Waals surface area contributed by atoms with Crippen molar-refractivity contribution in [3.05, 3.63) is 54.1 Å². The van der Waals surface area contributed by atoms with E-state index in [2.05, 4.69) is 5.32 Å². The van der Waals surface area contributed by atoms with Gasteiger partial charge in [0.15, 0.2) is 0 Å². The molecule has 2 aromatic carbocycles. The van der Waals surface area contributed by atoms with Gasteiger partial charge in [-0.15, -0.1) is 0 Å². The van der Waals surface area contributed by atoms with Crippen LogP contribution in [0.1, 0.15) is 39.2 Å². The Hall–Kier alpha value is -2.92. The largest absolute Gasteiger partial charge is 0.500 e. The first-order valence-corrected chi connectivity index (χ1v) is 14.7. The maximum absolute atomic E-state index is 12.0. The fourth-order valence-corrected chi connectivity index (χ4v) is 6.49. The molecule has 0 aliphatic carbocycles. The van der Waals surface area contributed by atoms with Crippen molar-refractivity contribution in [2.75, 3.05) is 39.6 Å². The summed E-state index contributed by atoms with van der Waals surface area (Å²) >= 11 is 0. The van der Waals surface area contributed by atoms with Gasteiger partial charge in [-0.1, -0.05) is 36.4 Å². The van der Waals surface area contributed by atoms with E-state index in [4.69, 9.17) is 27.9 Å². The lowest BCUT2D eigenvalue weighted by Gasteiger charge is -2.28. The number of carbonyl (C=O) groups excluding carboxylic acids is 1. The summed E-state index contributed by atoms with van der Waals surface area (Å²) in [4.78, 5) is 22.8. The van der Waals surface area contributed by atoms with Crippen molar-refractivity contribution in [2.45, 2.75) is 46.1 Å². The van der Waals surface area contributed by atoms with Gasteiger partial charge in [-0.05, 0) is 50.6 Å². The molecular formula is C27H39NO8Si. The second-order valence-electron chi connectivity index (χ2n) is 8.06. The van der Waals surface area contributed by atoms with E-state index in [1.807, 2.05) is 57.2 Å². The minimum absolute atomic E-state index is 0.233. The number of fused-ring (bicyclic) bond motifs is 1. The highest BCUT2D eigenvalue weighted by molar-refractivity contribution is 6.60. The van der Waals surface area contributed by atoms with Crippen LogP contribution in [-0.4, -0.2) is 65.6 Å². The van der Waals surface area contributed by atoms with E-state index in [0.29, 0.717) is 58.3 Å². The predicted octanol–water partition coefficient (Wildman–Crippen LogP) is 4.96. The third kappa shape index (κ3) is 10.5. The van der Waals surface area contributed by atoms with Gasteiger partial charge in [0, 0.05) is 50.3 Å². The summed E-state index contributed by atoms with van der Waals surface area (Å²) in [6.07, 6.45) is 4.03. The smallest absolute Gasteiger partial charge is 0.493 e. The molecule has 0 saturated carbocycles. The van der Waals surface area contributed by atoms with E-state index >= 15 is 0 Å². The molecule has 1 amide bonds. The van der Waals surface area contributed by atoms with Crippen molar-refractivity contribution in [2.24, 2.45) is 0 Å². The Bertz CT molecular complexity index is 996. The predicted molar refractivity (Wildman–Crippen MR) is 144 cm³/mol. The minimum atomic E-state index is -2.71. The molecule has 0 aliphatic rings. The van der Waals surface area contributed by atoms with Gasteiger partial charge in [-0.3, -0.25) is 0 Å². The van der Waals surface area contributed by atoms with Crippen LogP contribution in [-0.2, 0) is 29.2 Å². The summed E-state index contributed by atoms with van der Waals surface area (Å²) in [7, 11) is -2.71. The summed E-state index contributed by atoms with van der Waals surface area (Å²) in [5.41, 5.74) is 1.02. The van der Waals surface area contributed by atoms with Crippen molar-refractivity contribution >= 4 is 31.6 Å². The molecule has 0 fully saturated rings. The van der Waals surface area contributed by atoms with Crippen LogP contribution >= 0.6 is 0 Å². The normalized spacial score (nSPS) is 11.6. The molecule has 0 aromatic heterocycles. The number of rotatable bonds is 18. The Labute approximate surface area is 220 Å². The number of aliphatic carboxylic acids is 1. The second kappa shape index (κ2) is 16.7. The van der Waals surface area contributed by atoms with Crippen molar-refractivity contribution in [1.82, 2.24) is 5.32 Å². The van der Waals surface area contributed by atoms with Crippen molar-refractivity contribution < 1.29 is 37.4 Å². The van der Waals surface area contributed by atoms with Gasteiger partial charge in [0.2, 0.25) is 0 Å². The molecule has 9 nitrogen and oxygen atoms in total. The third-order valence-corrected chi connectivity index (χ3v) is 8.53. The zero-order chi connectivity index (χ0) is 26.9. The van der Waals surface area contributed by atoms with Gasteiger partial charge in [-0.2, -0.15) is 0 Å². The molecular weight excluding hydrogens is 494 g/mol. The number of hydrogen-bond donors (Lipinski definition) is 2. The summed E-state index contributed by atoms with van der Waals surface area (Å²) in [6.45, 7) is 8.38. The molecule has 0 aliphatic heterocycles. The first-order valence-electron chi connectivity index (χ1n) is 12.8. The number of amides is 1. The zero-order valence-electron chi connectivity index (χ0n) is 22.0. The molecule has 0 unspecified atom stereocenters. The lowest BCUT2D eigenvalue weighted by Crippen LogP contribution is -2.46. The Kier molecular flexibility index (Phi) is 13.7. The van der Waals surface area contributed by atoms with E-state index in [1.165, 1.54) is 0 Å². The third-order valence-electron chi connectivity index (χ3n) is 5.37. The lowest BCUT2D eigenvalue weighted by atomic mass is 10.0. The molecule has 204 valence electrons. The number of ether oxygens (including phenoxy) is 2. The maximum atomic E-state index is 12.0. The van der Waals surface area contributed by atoms with E-state index < -0.39 is 20.9 Å². The lowest BCUT2D eigenvalue weighted by molar-refractivity contribution is -0.131. The van der Waals surface area contributed by atoms with E-state index in [0.717, 1.165) is 28.2 Å². The van der Waals surface area contributed by atoms with Crippen LogP contribution in [0.25, 0.3) is 10.8 Å². The highest BCUT2D eigenvalue weighted by Gasteiger charge is 2.39. The monoisotopic (exact) mass is 533 g/mol. The summed E-state index contributed by atoms with van der Waals surface area (Å²) in [5.74, 6) is -0.231. The summed E-state index contributed by atoms with van der Waals surface area (Å²) in [5, 5.41) is 13.5. The quantitative estimate of drug-likeness (QED) is 0.157. The number of benzene rings is 2. The highest BCUT2D eigenvalue weighted by Crippen LogP contribution is 2.29. The van der Waals surface area contributed by atoms with Gasteiger partial charge in [0.05, 0.1) is 13.2 Å². The molecule has 10 heteroatoms. The van der Waals surface area contributed by atoms with Crippen LogP contribution in [0.15, 0.2) is 48.6 Å². The molecule has 0 saturated heterocycles. The number of hydrogen-bond acceptors (Lipinski definition) is 7. The molecule has 2 aromatic rings. The Morgan fingerprint density at radius 1 is 0.919 bits per heavy atom. The van der Waals surface area contributed by atoms with Gasteiger partial charge in [0.25, 0.3) is 0 Å². The number of allylic oxidation sites excluding steroid dienone is 1.